The number of likely N-dealkylation sites (tertiary alicyclic amines) is 1. The minimum absolute atomic E-state index is 0. The van der Waals surface area contributed by atoms with E-state index in [-0.39, 0.29) is 46.6 Å². The van der Waals surface area contributed by atoms with Gasteiger partial charge >= 0.3 is 0 Å². The predicted molar refractivity (Wildman–Crippen MR) is 133 cm³/mol. The number of hydrogen-bond donors (Lipinski definition) is 3. The number of benzene rings is 1. The van der Waals surface area contributed by atoms with Gasteiger partial charge in [-0.25, -0.2) is 13.1 Å². The van der Waals surface area contributed by atoms with E-state index in [2.05, 4.69) is 39.1 Å². The molecule has 1 aromatic carbocycles. The predicted octanol–water partition coefficient (Wildman–Crippen LogP) is 1.92. The van der Waals surface area contributed by atoms with E-state index < -0.39 is 14.9 Å². The van der Waals surface area contributed by atoms with Gasteiger partial charge in [0, 0.05) is 44.4 Å². The van der Waals surface area contributed by atoms with Crippen LogP contribution in [0.5, 0.6) is 0 Å². The monoisotopic (exact) mass is 568 g/mol. The number of sulfonamides is 1. The highest BCUT2D eigenvalue weighted by atomic mass is 127. The van der Waals surface area contributed by atoms with Crippen LogP contribution in [-0.2, 0) is 10.0 Å². The molecule has 0 bridgehead atoms. The van der Waals surface area contributed by atoms with Crippen LogP contribution in [0, 0.1) is 10.1 Å². The molecule has 3 N–H and O–H groups in total. The van der Waals surface area contributed by atoms with E-state index in [4.69, 9.17) is 0 Å². The summed E-state index contributed by atoms with van der Waals surface area (Å²) < 4.78 is 27.1. The van der Waals surface area contributed by atoms with Crippen molar-refractivity contribution in [2.45, 2.75) is 43.5 Å². The maximum Gasteiger partial charge on any atom is 0.270 e. The first kappa shape index (κ1) is 27.5. The summed E-state index contributed by atoms with van der Waals surface area (Å²) in [6, 6.07) is 4.97. The Labute approximate surface area is 201 Å². The molecule has 31 heavy (non-hydrogen) atoms. The topological polar surface area (TPSA) is 129 Å². The molecule has 0 aliphatic carbocycles. The normalized spacial score (nSPS) is 15.8. The first-order valence-corrected chi connectivity index (χ1v) is 11.6. The fraction of sp³-hybridized carbons (Fsp3) is 0.632. The average Bonchev–Trinajstić information content (AvgIpc) is 2.74. The van der Waals surface area contributed by atoms with Gasteiger partial charge in [-0.2, -0.15) is 0 Å². The highest BCUT2D eigenvalue weighted by Crippen LogP contribution is 2.20. The van der Waals surface area contributed by atoms with Gasteiger partial charge < -0.3 is 10.6 Å². The molecule has 176 valence electrons. The van der Waals surface area contributed by atoms with Crippen molar-refractivity contribution in [3.8, 4) is 0 Å². The molecule has 0 saturated carbocycles. The van der Waals surface area contributed by atoms with Crippen LogP contribution in [0.1, 0.15) is 33.1 Å². The SMILES string of the molecule is CN=C(NCCNS(=O)(=O)c1cccc([N+](=O)[O-])c1)NCC(C)(C)N1CCCCC1.I. The van der Waals surface area contributed by atoms with E-state index in [1.54, 1.807) is 7.05 Å². The second-order valence-electron chi connectivity index (χ2n) is 7.86. The molecule has 12 heteroatoms. The Bertz CT molecular complexity index is 857. The smallest absolute Gasteiger partial charge is 0.270 e. The molecule has 0 aromatic heterocycles. The van der Waals surface area contributed by atoms with Crippen molar-refractivity contribution < 1.29 is 13.3 Å². The number of nitrogens with zero attached hydrogens (tertiary/aromatic N) is 3. The Balaban J connectivity index is 0.00000480. The number of nitrogens with one attached hydrogen (secondary N) is 3. The number of non-ortho nitro benzene ring substituents is 1. The van der Waals surface area contributed by atoms with E-state index in [9.17, 15) is 18.5 Å². The van der Waals surface area contributed by atoms with Crippen molar-refractivity contribution in [3.63, 3.8) is 0 Å². The first-order valence-electron chi connectivity index (χ1n) is 10.1. The number of hydrogen-bond acceptors (Lipinski definition) is 6. The van der Waals surface area contributed by atoms with Gasteiger partial charge in [0.1, 0.15) is 0 Å². The van der Waals surface area contributed by atoms with Crippen molar-refractivity contribution in [2.75, 3.05) is 39.8 Å². The molecule has 1 aliphatic heterocycles. The molecule has 10 nitrogen and oxygen atoms in total. The van der Waals surface area contributed by atoms with Crippen LogP contribution in [0.2, 0.25) is 0 Å². The molecule has 0 atom stereocenters. The van der Waals surface area contributed by atoms with E-state index in [0.717, 1.165) is 19.2 Å². The molecule has 0 spiro atoms. The minimum atomic E-state index is -3.83. The second kappa shape index (κ2) is 12.5. The Kier molecular flexibility index (Phi) is 11.1. The quantitative estimate of drug-likeness (QED) is 0.104. The van der Waals surface area contributed by atoms with Crippen molar-refractivity contribution >= 4 is 45.6 Å². The number of nitro benzene ring substituents is 1. The maximum absolute atomic E-state index is 12.3. The lowest BCUT2D eigenvalue weighted by Crippen LogP contribution is -2.55. The number of nitro groups is 1. The Hall–Kier alpha value is -1.51. The molecule has 1 aliphatic rings. The van der Waals surface area contributed by atoms with Crippen LogP contribution < -0.4 is 15.4 Å². The van der Waals surface area contributed by atoms with Crippen LogP contribution >= 0.6 is 24.0 Å². The van der Waals surface area contributed by atoms with Crippen LogP contribution in [-0.4, -0.2) is 69.5 Å². The Morgan fingerprint density at radius 3 is 2.48 bits per heavy atom. The molecule has 0 unspecified atom stereocenters. The van der Waals surface area contributed by atoms with Gasteiger partial charge in [0.15, 0.2) is 5.96 Å². The summed E-state index contributed by atoms with van der Waals surface area (Å²) in [5, 5.41) is 17.2. The fourth-order valence-corrected chi connectivity index (χ4v) is 4.42. The van der Waals surface area contributed by atoms with Crippen molar-refractivity contribution in [1.29, 1.82) is 0 Å². The summed E-state index contributed by atoms with van der Waals surface area (Å²) in [6.45, 7) is 7.74. The third kappa shape index (κ3) is 8.50. The number of piperidine rings is 1. The van der Waals surface area contributed by atoms with Crippen LogP contribution in [0.25, 0.3) is 0 Å². The number of guanidine groups is 1. The van der Waals surface area contributed by atoms with E-state index in [1.165, 1.54) is 37.5 Å². The largest absolute Gasteiger partial charge is 0.355 e. The third-order valence-electron chi connectivity index (χ3n) is 5.17. The average molecular weight is 568 g/mol. The summed E-state index contributed by atoms with van der Waals surface area (Å²) in [6.07, 6.45) is 3.73. The van der Waals surface area contributed by atoms with Crippen molar-refractivity contribution in [3.05, 3.63) is 34.4 Å². The Morgan fingerprint density at radius 1 is 1.19 bits per heavy atom. The van der Waals surface area contributed by atoms with Gasteiger partial charge in [-0.1, -0.05) is 12.5 Å². The molecule has 1 heterocycles. The number of halogens is 1. The highest BCUT2D eigenvalue weighted by molar-refractivity contribution is 14.0. The summed E-state index contributed by atoms with van der Waals surface area (Å²) >= 11 is 0. The van der Waals surface area contributed by atoms with E-state index in [1.807, 2.05) is 0 Å². The van der Waals surface area contributed by atoms with Gasteiger partial charge in [-0.3, -0.25) is 20.0 Å². The second-order valence-corrected chi connectivity index (χ2v) is 9.63. The van der Waals surface area contributed by atoms with Gasteiger partial charge in [-0.05, 0) is 45.8 Å². The van der Waals surface area contributed by atoms with E-state index >= 15 is 0 Å². The van der Waals surface area contributed by atoms with E-state index in [0.29, 0.717) is 19.0 Å². The van der Waals surface area contributed by atoms with Crippen LogP contribution in [0.3, 0.4) is 0 Å². The first-order chi connectivity index (χ1) is 14.2. The fourth-order valence-electron chi connectivity index (χ4n) is 3.35. The molecular weight excluding hydrogens is 535 g/mol. The zero-order valence-corrected chi connectivity index (χ0v) is 21.4. The molecule has 2 rings (SSSR count). The minimum Gasteiger partial charge on any atom is -0.355 e. The standard InChI is InChI=1S/C19H32N6O4S.HI/c1-19(2,24-12-5-4-6-13-24)15-22-18(20-3)21-10-11-23-30(28,29)17-9-7-8-16(14-17)25(26)27;/h7-9,14,23H,4-6,10-13,15H2,1-3H3,(H2,20,21,22);1H. The van der Waals surface area contributed by atoms with Crippen LogP contribution in [0.15, 0.2) is 34.2 Å². The molecule has 1 saturated heterocycles. The van der Waals surface area contributed by atoms with Crippen molar-refractivity contribution in [1.82, 2.24) is 20.3 Å². The van der Waals surface area contributed by atoms with Gasteiger partial charge in [0.25, 0.3) is 5.69 Å². The molecule has 1 fully saturated rings. The van der Waals surface area contributed by atoms with Crippen LogP contribution in [0.4, 0.5) is 5.69 Å². The summed E-state index contributed by atoms with van der Waals surface area (Å²) in [7, 11) is -2.17. The summed E-state index contributed by atoms with van der Waals surface area (Å²) in [4.78, 5) is 16.7. The molecular formula is C19H33IN6O4S. The summed E-state index contributed by atoms with van der Waals surface area (Å²) in [5.41, 5.74) is -0.279. The Morgan fingerprint density at radius 2 is 1.87 bits per heavy atom. The zero-order chi connectivity index (χ0) is 22.2. The summed E-state index contributed by atoms with van der Waals surface area (Å²) in [5.74, 6) is 0.592. The third-order valence-corrected chi connectivity index (χ3v) is 6.63. The van der Waals surface area contributed by atoms with Crippen molar-refractivity contribution in [2.24, 2.45) is 4.99 Å². The van der Waals surface area contributed by atoms with Gasteiger partial charge in [-0.15, -0.1) is 24.0 Å². The highest BCUT2D eigenvalue weighted by Gasteiger charge is 2.27. The lowest BCUT2D eigenvalue weighted by Gasteiger charge is -2.41. The van der Waals surface area contributed by atoms with Gasteiger partial charge in [0.05, 0.1) is 9.82 Å². The number of aliphatic imine (C=N–C) groups is 1. The molecule has 1 aromatic rings. The molecule has 0 amide bonds. The maximum atomic E-state index is 12.3. The lowest BCUT2D eigenvalue weighted by molar-refractivity contribution is -0.385. The molecule has 0 radical (unpaired) electrons. The number of rotatable bonds is 9. The zero-order valence-electron chi connectivity index (χ0n) is 18.3. The lowest BCUT2D eigenvalue weighted by atomic mass is 9.98. The van der Waals surface area contributed by atoms with Gasteiger partial charge in [0.2, 0.25) is 10.0 Å².